The molecule has 0 aromatic heterocycles. The molecule has 18 heavy (non-hydrogen) atoms. The second-order valence-corrected chi connectivity index (χ2v) is 4.40. The molecular formula is C16H24O2. The predicted octanol–water partition coefficient (Wildman–Crippen LogP) is 4.30. The van der Waals surface area contributed by atoms with Crippen LogP contribution < -0.4 is 4.74 Å². The van der Waals surface area contributed by atoms with E-state index in [0.717, 1.165) is 12.2 Å². The van der Waals surface area contributed by atoms with E-state index in [4.69, 9.17) is 9.47 Å². The fourth-order valence-corrected chi connectivity index (χ4v) is 1.82. The minimum Gasteiger partial charge on any atom is -0.497 e. The molecule has 1 aromatic carbocycles. The zero-order valence-corrected chi connectivity index (χ0v) is 11.7. The summed E-state index contributed by atoms with van der Waals surface area (Å²) < 4.78 is 10.6. The van der Waals surface area contributed by atoms with Gasteiger partial charge in [-0.2, -0.15) is 0 Å². The second-order valence-electron chi connectivity index (χ2n) is 4.40. The molecule has 0 fully saturated rings. The molecule has 1 aromatic rings. The molecule has 1 rings (SSSR count). The number of ether oxygens (including phenoxy) is 2. The largest absolute Gasteiger partial charge is 0.497 e. The van der Waals surface area contributed by atoms with Gasteiger partial charge in [0.15, 0.2) is 0 Å². The predicted molar refractivity (Wildman–Crippen MR) is 77.0 cm³/mol. The summed E-state index contributed by atoms with van der Waals surface area (Å²) in [6.45, 7) is 2.22. The monoisotopic (exact) mass is 248 g/mol. The Hall–Kier alpha value is -1.28. The molecule has 0 bridgehead atoms. The Kier molecular flexibility index (Phi) is 7.19. The molecule has 0 aliphatic rings. The van der Waals surface area contributed by atoms with Crippen molar-refractivity contribution in [2.75, 3.05) is 14.2 Å². The molecular weight excluding hydrogens is 224 g/mol. The Bertz CT molecular complexity index is 341. The van der Waals surface area contributed by atoms with E-state index in [1.165, 1.54) is 24.8 Å². The highest BCUT2D eigenvalue weighted by Crippen LogP contribution is 2.14. The summed E-state index contributed by atoms with van der Waals surface area (Å²) in [7, 11) is 3.45. The molecule has 0 saturated heterocycles. The molecule has 0 heterocycles. The van der Waals surface area contributed by atoms with Gasteiger partial charge in [-0.3, -0.25) is 0 Å². The summed E-state index contributed by atoms with van der Waals surface area (Å²) in [5.41, 5.74) is 1.17. The van der Waals surface area contributed by atoms with Crippen LogP contribution in [0.2, 0.25) is 0 Å². The van der Waals surface area contributed by atoms with Crippen LogP contribution >= 0.6 is 0 Å². The number of rotatable bonds is 8. The average molecular weight is 248 g/mol. The molecule has 1 atom stereocenters. The van der Waals surface area contributed by atoms with Gasteiger partial charge in [0.25, 0.3) is 0 Å². The second kappa shape index (κ2) is 8.76. The highest BCUT2D eigenvalue weighted by molar-refractivity contribution is 5.51. The Balaban J connectivity index is 2.48. The molecule has 0 saturated carbocycles. The maximum absolute atomic E-state index is 5.45. The summed E-state index contributed by atoms with van der Waals surface area (Å²) >= 11 is 0. The van der Waals surface area contributed by atoms with E-state index < -0.39 is 0 Å². The van der Waals surface area contributed by atoms with Crippen molar-refractivity contribution in [3.63, 3.8) is 0 Å². The minimum atomic E-state index is 0.221. The fraction of sp³-hybridized carbons (Fsp3) is 0.500. The Labute approximate surface area is 111 Å². The first kappa shape index (κ1) is 14.8. The van der Waals surface area contributed by atoms with E-state index in [1.807, 2.05) is 24.3 Å². The zero-order valence-electron chi connectivity index (χ0n) is 11.7. The van der Waals surface area contributed by atoms with Gasteiger partial charge in [-0.15, -0.1) is 0 Å². The number of benzene rings is 1. The average Bonchev–Trinajstić information content (AvgIpc) is 2.43. The normalized spacial score (nSPS) is 12.8. The third-order valence-corrected chi connectivity index (χ3v) is 3.01. The topological polar surface area (TPSA) is 18.5 Å². The first-order valence-corrected chi connectivity index (χ1v) is 6.65. The molecule has 1 unspecified atom stereocenters. The summed E-state index contributed by atoms with van der Waals surface area (Å²) in [4.78, 5) is 0. The quantitative estimate of drug-likeness (QED) is 0.638. The van der Waals surface area contributed by atoms with Crippen LogP contribution in [0.15, 0.2) is 30.3 Å². The van der Waals surface area contributed by atoms with Crippen molar-refractivity contribution in [3.8, 4) is 5.75 Å². The van der Waals surface area contributed by atoms with E-state index in [2.05, 4.69) is 19.1 Å². The summed E-state index contributed by atoms with van der Waals surface area (Å²) in [6, 6.07) is 8.04. The van der Waals surface area contributed by atoms with Crippen LogP contribution in [0.3, 0.4) is 0 Å². The Morgan fingerprint density at radius 2 is 1.83 bits per heavy atom. The lowest BCUT2D eigenvalue weighted by Crippen LogP contribution is -2.06. The standard InChI is InChI=1S/C16H24O2/c1-4-5-6-7-15(17-2)11-8-14-9-12-16(18-3)13-10-14/h8-13,15H,4-7H2,1-3H3. The lowest BCUT2D eigenvalue weighted by atomic mass is 10.1. The Morgan fingerprint density at radius 1 is 1.11 bits per heavy atom. The number of hydrogen-bond acceptors (Lipinski definition) is 2. The van der Waals surface area contributed by atoms with Crippen molar-refractivity contribution in [1.82, 2.24) is 0 Å². The van der Waals surface area contributed by atoms with Crippen LogP contribution in [0.25, 0.3) is 6.08 Å². The zero-order chi connectivity index (χ0) is 13.2. The van der Waals surface area contributed by atoms with Gasteiger partial charge < -0.3 is 9.47 Å². The van der Waals surface area contributed by atoms with Gasteiger partial charge in [-0.25, -0.2) is 0 Å². The maximum atomic E-state index is 5.45. The van der Waals surface area contributed by atoms with Gasteiger partial charge in [-0.05, 0) is 24.1 Å². The number of methoxy groups -OCH3 is 2. The van der Waals surface area contributed by atoms with E-state index in [1.54, 1.807) is 14.2 Å². The molecule has 0 spiro atoms. The van der Waals surface area contributed by atoms with Crippen LogP contribution in [0.5, 0.6) is 5.75 Å². The smallest absolute Gasteiger partial charge is 0.118 e. The summed E-state index contributed by atoms with van der Waals surface area (Å²) in [6.07, 6.45) is 9.31. The van der Waals surface area contributed by atoms with Crippen molar-refractivity contribution in [1.29, 1.82) is 0 Å². The summed E-state index contributed by atoms with van der Waals surface area (Å²) in [5.74, 6) is 0.887. The third-order valence-electron chi connectivity index (χ3n) is 3.01. The first-order valence-electron chi connectivity index (χ1n) is 6.65. The number of unbranched alkanes of at least 4 members (excludes halogenated alkanes) is 2. The third kappa shape index (κ3) is 5.37. The van der Waals surface area contributed by atoms with Gasteiger partial charge in [0.05, 0.1) is 13.2 Å². The van der Waals surface area contributed by atoms with Gasteiger partial charge in [0.2, 0.25) is 0 Å². The van der Waals surface area contributed by atoms with E-state index >= 15 is 0 Å². The van der Waals surface area contributed by atoms with Crippen molar-refractivity contribution in [3.05, 3.63) is 35.9 Å². The Morgan fingerprint density at radius 3 is 2.39 bits per heavy atom. The van der Waals surface area contributed by atoms with Crippen molar-refractivity contribution in [2.24, 2.45) is 0 Å². The number of hydrogen-bond donors (Lipinski definition) is 0. The van der Waals surface area contributed by atoms with E-state index in [0.29, 0.717) is 0 Å². The van der Waals surface area contributed by atoms with E-state index in [-0.39, 0.29) is 6.10 Å². The summed E-state index contributed by atoms with van der Waals surface area (Å²) in [5, 5.41) is 0. The lowest BCUT2D eigenvalue weighted by molar-refractivity contribution is 0.131. The molecule has 0 aliphatic carbocycles. The van der Waals surface area contributed by atoms with Crippen LogP contribution in [0, 0.1) is 0 Å². The van der Waals surface area contributed by atoms with Crippen LogP contribution in [-0.2, 0) is 4.74 Å². The van der Waals surface area contributed by atoms with Crippen molar-refractivity contribution < 1.29 is 9.47 Å². The molecule has 0 radical (unpaired) electrons. The molecule has 0 N–H and O–H groups in total. The van der Waals surface area contributed by atoms with Gasteiger partial charge >= 0.3 is 0 Å². The minimum absolute atomic E-state index is 0.221. The van der Waals surface area contributed by atoms with Crippen molar-refractivity contribution >= 4 is 6.08 Å². The highest BCUT2D eigenvalue weighted by atomic mass is 16.5. The highest BCUT2D eigenvalue weighted by Gasteiger charge is 2.01. The molecule has 100 valence electrons. The van der Waals surface area contributed by atoms with Crippen molar-refractivity contribution in [2.45, 2.75) is 38.7 Å². The van der Waals surface area contributed by atoms with Gasteiger partial charge in [0, 0.05) is 7.11 Å². The molecule has 2 nitrogen and oxygen atoms in total. The van der Waals surface area contributed by atoms with Crippen LogP contribution in [0.4, 0.5) is 0 Å². The molecule has 2 heteroatoms. The SMILES string of the molecule is CCCCCC(C=Cc1ccc(OC)cc1)OC. The van der Waals surface area contributed by atoms with Gasteiger partial charge in [0.1, 0.15) is 5.75 Å². The fourth-order valence-electron chi connectivity index (χ4n) is 1.82. The van der Waals surface area contributed by atoms with Gasteiger partial charge in [-0.1, -0.05) is 50.5 Å². The first-order chi connectivity index (χ1) is 8.80. The lowest BCUT2D eigenvalue weighted by Gasteiger charge is -2.10. The maximum Gasteiger partial charge on any atom is 0.118 e. The van der Waals surface area contributed by atoms with E-state index in [9.17, 15) is 0 Å². The molecule has 0 amide bonds. The molecule has 0 aliphatic heterocycles. The van der Waals surface area contributed by atoms with Crippen LogP contribution in [0.1, 0.15) is 38.2 Å². The van der Waals surface area contributed by atoms with Crippen LogP contribution in [-0.4, -0.2) is 20.3 Å².